The van der Waals surface area contributed by atoms with Crippen LogP contribution in [0.2, 0.25) is 0 Å². The van der Waals surface area contributed by atoms with Gasteiger partial charge in [-0.05, 0) is 56.1 Å². The molecule has 0 aliphatic rings. The van der Waals surface area contributed by atoms with Gasteiger partial charge in [-0.15, -0.1) is 11.3 Å². The topological polar surface area (TPSA) is 98.7 Å². The number of ether oxygens (including phenoxy) is 1. The van der Waals surface area contributed by atoms with Gasteiger partial charge in [-0.1, -0.05) is 0 Å². The quantitative estimate of drug-likeness (QED) is 0.285. The van der Waals surface area contributed by atoms with E-state index >= 15 is 0 Å². The molecule has 0 saturated heterocycles. The van der Waals surface area contributed by atoms with Crippen LogP contribution in [0.3, 0.4) is 0 Å². The molecule has 0 aromatic carbocycles. The van der Waals surface area contributed by atoms with Gasteiger partial charge in [0.2, 0.25) is 0 Å². The summed E-state index contributed by atoms with van der Waals surface area (Å²) in [5.41, 5.74) is 0.104. The Labute approximate surface area is 195 Å². The van der Waals surface area contributed by atoms with Gasteiger partial charge in [0.1, 0.15) is 16.4 Å². The number of fused-ring (bicyclic) bond motifs is 1. The van der Waals surface area contributed by atoms with Crippen molar-refractivity contribution in [1.82, 2.24) is 14.6 Å². The molecule has 4 aromatic heterocycles. The smallest absolute Gasteiger partial charge is 0.364 e. The largest absolute Gasteiger partial charge is 0.463 e. The van der Waals surface area contributed by atoms with E-state index in [2.05, 4.69) is 15.4 Å². The van der Waals surface area contributed by atoms with E-state index in [0.717, 1.165) is 15.5 Å². The Morgan fingerprint density at radius 3 is 2.73 bits per heavy atom. The predicted octanol–water partition coefficient (Wildman–Crippen LogP) is 5.38. The van der Waals surface area contributed by atoms with Crippen LogP contribution in [-0.4, -0.2) is 33.1 Å². The van der Waals surface area contributed by atoms with Crippen molar-refractivity contribution in [3.8, 4) is 11.5 Å². The SMILES string of the molecule is CCOC(=O)c1c(NC(=O)c2cc3nc(-c4ccco4)cc(C(F)(F)Cl)n3n2)sc(C)c1C. The Kier molecular flexibility index (Phi) is 5.93. The second-order valence-corrected chi connectivity index (χ2v) is 8.66. The summed E-state index contributed by atoms with van der Waals surface area (Å²) >= 11 is 6.49. The standard InChI is InChI=1S/C21H17ClF2N4O4S/c1-4-31-20(30)17-10(2)11(3)33-19(17)26-18(29)13-9-16-25-12(14-6-5-7-32-14)8-15(21(22,23)24)28(16)27-13/h5-9H,4H2,1-3H3,(H,26,29). The highest BCUT2D eigenvalue weighted by Gasteiger charge is 2.34. The molecule has 4 heterocycles. The molecule has 12 heteroatoms. The molecular formula is C21H17ClF2N4O4S. The van der Waals surface area contributed by atoms with E-state index in [1.807, 2.05) is 0 Å². The number of rotatable bonds is 6. The van der Waals surface area contributed by atoms with Crippen molar-refractivity contribution in [2.75, 3.05) is 11.9 Å². The number of esters is 1. The number of nitrogens with zero attached hydrogens (tertiary/aromatic N) is 3. The Balaban J connectivity index is 1.75. The van der Waals surface area contributed by atoms with Crippen LogP contribution in [0.15, 0.2) is 34.9 Å². The molecule has 0 fully saturated rings. The van der Waals surface area contributed by atoms with Crippen LogP contribution in [0.4, 0.5) is 13.8 Å². The van der Waals surface area contributed by atoms with Crippen molar-refractivity contribution in [2.24, 2.45) is 0 Å². The minimum absolute atomic E-state index is 0.0338. The van der Waals surface area contributed by atoms with Gasteiger partial charge >= 0.3 is 11.4 Å². The minimum atomic E-state index is -3.79. The zero-order valence-corrected chi connectivity index (χ0v) is 19.2. The molecule has 0 atom stereocenters. The number of carbonyl (C=O) groups excluding carboxylic acids is 2. The predicted molar refractivity (Wildman–Crippen MR) is 118 cm³/mol. The van der Waals surface area contributed by atoms with Crippen molar-refractivity contribution < 1.29 is 27.5 Å². The van der Waals surface area contributed by atoms with Gasteiger partial charge in [-0.3, -0.25) is 4.79 Å². The van der Waals surface area contributed by atoms with Crippen LogP contribution >= 0.6 is 22.9 Å². The van der Waals surface area contributed by atoms with E-state index in [1.54, 1.807) is 32.9 Å². The van der Waals surface area contributed by atoms with Crippen LogP contribution in [0.1, 0.15) is 43.9 Å². The lowest BCUT2D eigenvalue weighted by molar-refractivity contribution is 0.0527. The summed E-state index contributed by atoms with van der Waals surface area (Å²) in [5.74, 6) is -1.04. The van der Waals surface area contributed by atoms with E-state index in [0.29, 0.717) is 5.56 Å². The molecule has 0 spiro atoms. The number of anilines is 1. The van der Waals surface area contributed by atoms with E-state index < -0.39 is 23.0 Å². The molecular weight excluding hydrogens is 478 g/mol. The first-order chi connectivity index (χ1) is 15.6. The summed E-state index contributed by atoms with van der Waals surface area (Å²) < 4.78 is 39.4. The molecule has 172 valence electrons. The molecule has 33 heavy (non-hydrogen) atoms. The van der Waals surface area contributed by atoms with Crippen LogP contribution in [-0.2, 0) is 10.1 Å². The van der Waals surface area contributed by atoms with Crippen LogP contribution in [0.5, 0.6) is 0 Å². The van der Waals surface area contributed by atoms with E-state index in [1.165, 1.54) is 23.7 Å². The van der Waals surface area contributed by atoms with E-state index in [9.17, 15) is 18.4 Å². The van der Waals surface area contributed by atoms with Crippen molar-refractivity contribution in [3.63, 3.8) is 0 Å². The molecule has 8 nitrogen and oxygen atoms in total. The fourth-order valence-corrected chi connectivity index (χ4v) is 4.35. The molecule has 0 aliphatic carbocycles. The molecule has 4 rings (SSSR count). The maximum absolute atomic E-state index is 14.1. The maximum Gasteiger partial charge on any atom is 0.364 e. The second kappa shape index (κ2) is 8.56. The van der Waals surface area contributed by atoms with E-state index in [-0.39, 0.29) is 40.0 Å². The Morgan fingerprint density at radius 1 is 1.33 bits per heavy atom. The van der Waals surface area contributed by atoms with Crippen LogP contribution in [0, 0.1) is 13.8 Å². The Morgan fingerprint density at radius 2 is 2.09 bits per heavy atom. The number of halogens is 3. The number of alkyl halides is 3. The first kappa shape index (κ1) is 22.9. The summed E-state index contributed by atoms with van der Waals surface area (Å²) in [6.45, 7) is 5.40. The van der Waals surface area contributed by atoms with Crippen LogP contribution in [0.25, 0.3) is 17.1 Å². The highest BCUT2D eigenvalue weighted by atomic mass is 35.5. The zero-order chi connectivity index (χ0) is 23.9. The Bertz CT molecular complexity index is 1360. The minimum Gasteiger partial charge on any atom is -0.463 e. The van der Waals surface area contributed by atoms with E-state index in [4.69, 9.17) is 20.8 Å². The molecule has 4 aromatic rings. The zero-order valence-electron chi connectivity index (χ0n) is 17.6. The molecule has 1 amide bonds. The highest BCUT2D eigenvalue weighted by Crippen LogP contribution is 2.35. The molecule has 0 aliphatic heterocycles. The fourth-order valence-electron chi connectivity index (χ4n) is 3.17. The lowest BCUT2D eigenvalue weighted by Gasteiger charge is -2.11. The maximum atomic E-state index is 14.1. The third-order valence-electron chi connectivity index (χ3n) is 4.82. The number of amides is 1. The molecule has 1 N–H and O–H groups in total. The lowest BCUT2D eigenvalue weighted by atomic mass is 10.1. The fraction of sp³-hybridized carbons (Fsp3) is 0.238. The first-order valence-corrected chi connectivity index (χ1v) is 10.9. The van der Waals surface area contributed by atoms with Gasteiger partial charge in [-0.25, -0.2) is 14.3 Å². The number of furan rings is 1. The van der Waals surface area contributed by atoms with Crippen molar-refractivity contribution >= 4 is 45.5 Å². The first-order valence-electron chi connectivity index (χ1n) is 9.70. The van der Waals surface area contributed by atoms with Gasteiger partial charge in [0.15, 0.2) is 17.1 Å². The number of hydrogen-bond acceptors (Lipinski definition) is 7. The third kappa shape index (κ3) is 4.33. The number of aromatic nitrogens is 3. The molecule has 0 bridgehead atoms. The van der Waals surface area contributed by atoms with Gasteiger partial charge in [0.05, 0.1) is 18.4 Å². The van der Waals surface area contributed by atoms with Gasteiger partial charge < -0.3 is 14.5 Å². The molecule has 0 unspecified atom stereocenters. The monoisotopic (exact) mass is 494 g/mol. The van der Waals surface area contributed by atoms with Crippen molar-refractivity contribution in [2.45, 2.75) is 26.2 Å². The summed E-state index contributed by atoms with van der Waals surface area (Å²) in [6, 6.07) is 5.42. The Hall–Kier alpha value is -3.31. The molecule has 0 saturated carbocycles. The summed E-state index contributed by atoms with van der Waals surface area (Å²) in [5, 5.41) is 3.08. The number of aryl methyl sites for hydroxylation is 1. The summed E-state index contributed by atoms with van der Waals surface area (Å²) in [6.07, 6.45) is 1.38. The van der Waals surface area contributed by atoms with Gasteiger partial charge in [-0.2, -0.15) is 13.9 Å². The van der Waals surface area contributed by atoms with Gasteiger partial charge in [0, 0.05) is 10.9 Å². The van der Waals surface area contributed by atoms with Crippen molar-refractivity contribution in [3.05, 3.63) is 57.9 Å². The van der Waals surface area contributed by atoms with Gasteiger partial charge in [0.25, 0.3) is 5.91 Å². The normalized spacial score (nSPS) is 11.7. The summed E-state index contributed by atoms with van der Waals surface area (Å²) in [4.78, 5) is 30.3. The molecule has 0 radical (unpaired) electrons. The number of carbonyl (C=O) groups is 2. The number of nitrogens with one attached hydrogen (secondary N) is 1. The summed E-state index contributed by atoms with van der Waals surface area (Å²) in [7, 11) is 0. The number of thiophene rings is 1. The lowest BCUT2D eigenvalue weighted by Crippen LogP contribution is -2.16. The second-order valence-electron chi connectivity index (χ2n) is 6.96. The average molecular weight is 495 g/mol. The average Bonchev–Trinajstić information content (AvgIpc) is 3.46. The number of hydrogen-bond donors (Lipinski definition) is 1. The van der Waals surface area contributed by atoms with Crippen LogP contribution < -0.4 is 5.32 Å². The third-order valence-corrected chi connectivity index (χ3v) is 6.13. The highest BCUT2D eigenvalue weighted by molar-refractivity contribution is 7.16. The van der Waals surface area contributed by atoms with Crippen molar-refractivity contribution in [1.29, 1.82) is 0 Å².